The lowest BCUT2D eigenvalue weighted by Crippen LogP contribution is -2.20. The molecule has 46 heavy (non-hydrogen) atoms. The summed E-state index contributed by atoms with van der Waals surface area (Å²) < 4.78 is 5.00. The first kappa shape index (κ1) is 30.8. The van der Waals surface area contributed by atoms with E-state index in [4.69, 9.17) is 0 Å². The summed E-state index contributed by atoms with van der Waals surface area (Å²) in [5.74, 6) is -0.445. The molecule has 7 rings (SSSR count). The van der Waals surface area contributed by atoms with Crippen molar-refractivity contribution in [1.82, 2.24) is 19.8 Å². The van der Waals surface area contributed by atoms with Crippen LogP contribution in [-0.4, -0.2) is 20.9 Å². The highest BCUT2D eigenvalue weighted by Gasteiger charge is 2.41. The van der Waals surface area contributed by atoms with E-state index in [1.54, 1.807) is 11.3 Å². The predicted molar refractivity (Wildman–Crippen MR) is 193 cm³/mol. The molecule has 0 bridgehead atoms. The Morgan fingerprint density at radius 1 is 0.696 bits per heavy atom. The lowest BCUT2D eigenvalue weighted by Gasteiger charge is -2.14. The van der Waals surface area contributed by atoms with E-state index in [1.807, 2.05) is 17.5 Å². The zero-order chi connectivity index (χ0) is 31.9. The number of nitrogens with one attached hydrogen (secondary N) is 2. The summed E-state index contributed by atoms with van der Waals surface area (Å²) in [4.78, 5) is 29.3. The number of aromatic nitrogens is 2. The minimum Gasteiger partial charge on any atom is -0.347 e. The molecule has 5 aromatic rings. The van der Waals surface area contributed by atoms with Crippen LogP contribution in [0.5, 0.6) is 0 Å². The second-order valence-corrected chi connectivity index (χ2v) is 14.7. The van der Waals surface area contributed by atoms with Crippen molar-refractivity contribution in [2.75, 3.05) is 0 Å². The molecular formula is C38H42N4O2S2. The van der Waals surface area contributed by atoms with Crippen molar-refractivity contribution in [1.29, 1.82) is 0 Å². The molecule has 1 aromatic carbocycles. The van der Waals surface area contributed by atoms with Crippen molar-refractivity contribution in [3.63, 3.8) is 0 Å². The number of carbonyl (C=O) groups is 2. The van der Waals surface area contributed by atoms with E-state index in [0.29, 0.717) is 22.5 Å². The van der Waals surface area contributed by atoms with E-state index in [1.165, 1.54) is 94.9 Å². The standard InChI is InChI=1S/C38H42N4O2S2/c1-5-7-9-11-18-41-20-17-25-23(3)36-26(24(4)35(25)41)22-27(42(36)19-12-10-8-6-2)28-15-16-30(46-28)34-32-31(37(43)40-34)33(39-38(32)44)29-14-13-21-45-29/h13-17,20-22H,5-12,18-19H2,1-4H3,(H,39,44)(H,40,43). The third-order valence-electron chi connectivity index (χ3n) is 9.62. The van der Waals surface area contributed by atoms with Gasteiger partial charge in [0, 0.05) is 30.1 Å². The molecule has 0 radical (unpaired) electrons. The molecule has 0 saturated carbocycles. The second kappa shape index (κ2) is 12.7. The van der Waals surface area contributed by atoms with Crippen LogP contribution >= 0.6 is 22.7 Å². The maximum absolute atomic E-state index is 13.2. The van der Waals surface area contributed by atoms with Gasteiger partial charge in [-0.15, -0.1) is 22.7 Å². The van der Waals surface area contributed by atoms with Gasteiger partial charge in [-0.3, -0.25) is 9.59 Å². The predicted octanol–water partition coefficient (Wildman–Crippen LogP) is 9.55. The highest BCUT2D eigenvalue weighted by atomic mass is 32.1. The average molecular weight is 651 g/mol. The fourth-order valence-electron chi connectivity index (χ4n) is 7.30. The number of carbonyl (C=O) groups excluding carboxylic acids is 2. The van der Waals surface area contributed by atoms with Crippen LogP contribution in [-0.2, 0) is 22.7 Å². The minimum absolute atomic E-state index is 0.222. The molecule has 0 atom stereocenters. The van der Waals surface area contributed by atoms with Gasteiger partial charge in [-0.2, -0.15) is 0 Å². The summed E-state index contributed by atoms with van der Waals surface area (Å²) in [5.41, 5.74) is 8.70. The van der Waals surface area contributed by atoms with Gasteiger partial charge < -0.3 is 19.8 Å². The smallest absolute Gasteiger partial charge is 0.258 e. The first-order valence-electron chi connectivity index (χ1n) is 16.8. The van der Waals surface area contributed by atoms with E-state index >= 15 is 0 Å². The Morgan fingerprint density at radius 2 is 1.35 bits per heavy atom. The van der Waals surface area contributed by atoms with E-state index < -0.39 is 0 Å². The lowest BCUT2D eigenvalue weighted by atomic mass is 10.0. The quantitative estimate of drug-likeness (QED) is 0.125. The Bertz CT molecular complexity index is 2030. The third-order valence-corrected chi connectivity index (χ3v) is 11.6. The molecular weight excluding hydrogens is 609 g/mol. The number of fused-ring (bicyclic) bond motifs is 3. The van der Waals surface area contributed by atoms with E-state index in [9.17, 15) is 9.59 Å². The molecule has 0 saturated heterocycles. The maximum Gasteiger partial charge on any atom is 0.258 e. The number of benzene rings is 1. The molecule has 2 amide bonds. The Labute approximate surface area is 278 Å². The highest BCUT2D eigenvalue weighted by Crippen LogP contribution is 2.44. The van der Waals surface area contributed by atoms with Gasteiger partial charge in [-0.05, 0) is 73.5 Å². The number of hydrogen-bond acceptors (Lipinski definition) is 4. The van der Waals surface area contributed by atoms with Crippen molar-refractivity contribution >= 4 is 67.7 Å². The summed E-state index contributed by atoms with van der Waals surface area (Å²) >= 11 is 3.16. The fourth-order valence-corrected chi connectivity index (χ4v) is 9.07. The number of rotatable bonds is 13. The molecule has 6 nitrogen and oxygen atoms in total. The van der Waals surface area contributed by atoms with Gasteiger partial charge >= 0.3 is 0 Å². The first-order valence-corrected chi connectivity index (χ1v) is 18.5. The summed E-state index contributed by atoms with van der Waals surface area (Å²) in [7, 11) is 0. The van der Waals surface area contributed by atoms with E-state index in [0.717, 1.165) is 34.1 Å². The molecule has 8 heteroatoms. The van der Waals surface area contributed by atoms with Crippen LogP contribution in [0.2, 0.25) is 0 Å². The van der Waals surface area contributed by atoms with Gasteiger partial charge in [0.2, 0.25) is 0 Å². The number of nitrogens with zero attached hydrogens (tertiary/aromatic N) is 2. The Morgan fingerprint density at radius 3 is 2.02 bits per heavy atom. The molecule has 4 aromatic heterocycles. The normalized spacial score (nSPS) is 14.8. The Kier molecular flexibility index (Phi) is 8.51. The second-order valence-electron chi connectivity index (χ2n) is 12.6. The molecule has 0 spiro atoms. The monoisotopic (exact) mass is 650 g/mol. The van der Waals surface area contributed by atoms with Gasteiger partial charge in [0.15, 0.2) is 0 Å². The minimum atomic E-state index is -0.222. The zero-order valence-electron chi connectivity index (χ0n) is 27.2. The molecule has 2 N–H and O–H groups in total. The van der Waals surface area contributed by atoms with Gasteiger partial charge in [0.1, 0.15) is 0 Å². The van der Waals surface area contributed by atoms with Gasteiger partial charge in [0.25, 0.3) is 11.8 Å². The van der Waals surface area contributed by atoms with Crippen molar-refractivity contribution < 1.29 is 9.59 Å². The van der Waals surface area contributed by atoms with Crippen LogP contribution in [0, 0.1) is 13.8 Å². The van der Waals surface area contributed by atoms with Crippen LogP contribution in [0.1, 0.15) is 86.1 Å². The van der Waals surface area contributed by atoms with Gasteiger partial charge in [-0.25, -0.2) is 0 Å². The first-order chi connectivity index (χ1) is 22.4. The SMILES string of the molecule is CCCCCCn1ccc2c(C)c3c(cc(-c4ccc(C5=C6C(=O)NC(c7cccs7)=C6C(=O)N5)s4)n3CCCCCC)c(C)c21. The fraction of sp³-hybridized carbons (Fsp3) is 0.368. The summed E-state index contributed by atoms with van der Waals surface area (Å²) in [6, 6.07) is 12.8. The number of amides is 2. The number of unbranched alkanes of at least 4 members (excludes halogenated alkanes) is 6. The summed E-state index contributed by atoms with van der Waals surface area (Å²) in [6.07, 6.45) is 12.1. The highest BCUT2D eigenvalue weighted by molar-refractivity contribution is 7.16. The van der Waals surface area contributed by atoms with Crippen LogP contribution in [0.25, 0.3) is 43.8 Å². The third kappa shape index (κ3) is 5.16. The van der Waals surface area contributed by atoms with E-state index in [-0.39, 0.29) is 11.8 Å². The van der Waals surface area contributed by atoms with Crippen molar-refractivity contribution in [2.45, 2.75) is 92.2 Å². The van der Waals surface area contributed by atoms with Gasteiger partial charge in [0.05, 0.1) is 53.9 Å². The Hall–Kier alpha value is -3.88. The van der Waals surface area contributed by atoms with E-state index in [2.05, 4.69) is 77.9 Å². The molecule has 0 aliphatic carbocycles. The number of aryl methyl sites for hydroxylation is 4. The van der Waals surface area contributed by atoms with Crippen molar-refractivity contribution in [3.8, 4) is 10.6 Å². The van der Waals surface area contributed by atoms with Crippen LogP contribution in [0.15, 0.2) is 59.1 Å². The maximum atomic E-state index is 13.2. The van der Waals surface area contributed by atoms with Crippen LogP contribution in [0.4, 0.5) is 0 Å². The van der Waals surface area contributed by atoms with Crippen LogP contribution in [0.3, 0.4) is 0 Å². The number of hydrogen-bond donors (Lipinski definition) is 2. The summed E-state index contributed by atoms with van der Waals surface area (Å²) in [6.45, 7) is 11.1. The Balaban J connectivity index is 1.32. The molecule has 2 aliphatic heterocycles. The molecule has 2 aliphatic rings. The van der Waals surface area contributed by atoms with Crippen molar-refractivity contribution in [2.24, 2.45) is 0 Å². The van der Waals surface area contributed by atoms with Crippen molar-refractivity contribution in [3.05, 3.63) is 80.0 Å². The van der Waals surface area contributed by atoms with Crippen LogP contribution < -0.4 is 10.6 Å². The van der Waals surface area contributed by atoms with Gasteiger partial charge in [-0.1, -0.05) is 58.4 Å². The summed E-state index contributed by atoms with van der Waals surface area (Å²) in [5, 5.41) is 10.6. The molecule has 0 unspecified atom stereocenters. The average Bonchev–Trinajstić information content (AvgIpc) is 3.88. The largest absolute Gasteiger partial charge is 0.347 e. The zero-order valence-corrected chi connectivity index (χ0v) is 28.9. The molecule has 238 valence electrons. The lowest BCUT2D eigenvalue weighted by molar-refractivity contribution is -0.117. The molecule has 6 heterocycles. The molecule has 0 fully saturated rings. The number of thiophene rings is 2. The topological polar surface area (TPSA) is 68.1 Å².